The quantitative estimate of drug-likeness (QED) is 0.803. The number of hydrogen-bond acceptors (Lipinski definition) is 2. The highest BCUT2D eigenvalue weighted by molar-refractivity contribution is 4.88. The van der Waals surface area contributed by atoms with Gasteiger partial charge in [0.2, 0.25) is 5.92 Å². The van der Waals surface area contributed by atoms with Gasteiger partial charge in [-0.05, 0) is 46.5 Å². The summed E-state index contributed by atoms with van der Waals surface area (Å²) in [6.45, 7) is 8.23. The van der Waals surface area contributed by atoms with Crippen molar-refractivity contribution >= 4 is 0 Å². The van der Waals surface area contributed by atoms with Crippen molar-refractivity contribution in [3.05, 3.63) is 0 Å². The Balaban J connectivity index is 2.39. The van der Waals surface area contributed by atoms with Gasteiger partial charge in [-0.1, -0.05) is 0 Å². The number of aliphatic hydroxyl groups is 1. The number of β-amino-alcohol motifs (C(OH)–C–C–N with tert-alkyl or cyclic N) is 1. The van der Waals surface area contributed by atoms with Gasteiger partial charge in [0.15, 0.2) is 0 Å². The van der Waals surface area contributed by atoms with Crippen LogP contribution in [0.4, 0.5) is 8.78 Å². The highest BCUT2D eigenvalue weighted by Crippen LogP contribution is 2.42. The molecule has 0 bridgehead atoms. The third-order valence-electron chi connectivity index (χ3n) is 3.23. The second kappa shape index (κ2) is 4.81. The Kier molecular flexibility index (Phi) is 4.20. The van der Waals surface area contributed by atoms with Crippen molar-refractivity contribution in [1.82, 2.24) is 5.32 Å². The van der Waals surface area contributed by atoms with Crippen LogP contribution in [0.1, 0.15) is 53.4 Å². The number of hydrogen-bond donors (Lipinski definition) is 2. The Labute approximate surface area is 103 Å². The molecule has 0 heterocycles. The van der Waals surface area contributed by atoms with Gasteiger partial charge < -0.3 is 10.4 Å². The predicted octanol–water partition coefficient (Wildman–Crippen LogP) is 2.95. The van der Waals surface area contributed by atoms with Crippen LogP contribution in [0.2, 0.25) is 0 Å². The first-order valence-corrected chi connectivity index (χ1v) is 6.34. The van der Waals surface area contributed by atoms with Crippen molar-refractivity contribution in [3.8, 4) is 0 Å². The summed E-state index contributed by atoms with van der Waals surface area (Å²) >= 11 is 0. The third kappa shape index (κ3) is 5.77. The average molecular weight is 249 g/mol. The Bertz CT molecular complexity index is 259. The normalized spacial score (nSPS) is 28.1. The van der Waals surface area contributed by atoms with Crippen molar-refractivity contribution in [1.29, 1.82) is 0 Å². The van der Waals surface area contributed by atoms with Gasteiger partial charge in [0, 0.05) is 24.9 Å². The van der Waals surface area contributed by atoms with Crippen LogP contribution in [0.15, 0.2) is 0 Å². The van der Waals surface area contributed by atoms with Crippen molar-refractivity contribution in [2.24, 2.45) is 5.92 Å². The lowest BCUT2D eigenvalue weighted by Gasteiger charge is -2.31. The van der Waals surface area contributed by atoms with Crippen molar-refractivity contribution in [2.45, 2.75) is 70.4 Å². The topological polar surface area (TPSA) is 32.3 Å². The summed E-state index contributed by atoms with van der Waals surface area (Å²) in [5.41, 5.74) is -0.970. The van der Waals surface area contributed by atoms with E-state index in [1.807, 2.05) is 20.8 Å². The van der Waals surface area contributed by atoms with E-state index in [1.165, 1.54) is 0 Å². The molecule has 1 aliphatic carbocycles. The van der Waals surface area contributed by atoms with Crippen LogP contribution in [0.3, 0.4) is 0 Å². The Hall–Kier alpha value is -0.220. The first-order chi connectivity index (χ1) is 7.49. The van der Waals surface area contributed by atoms with Gasteiger partial charge >= 0.3 is 0 Å². The molecule has 2 nitrogen and oxygen atoms in total. The van der Waals surface area contributed by atoms with Crippen LogP contribution in [0.25, 0.3) is 0 Å². The zero-order valence-electron chi connectivity index (χ0n) is 11.3. The molecule has 0 spiro atoms. The molecule has 0 aromatic rings. The van der Waals surface area contributed by atoms with E-state index in [1.54, 1.807) is 6.92 Å². The molecule has 2 unspecified atom stereocenters. The average Bonchev–Trinajstić information content (AvgIpc) is 2.40. The van der Waals surface area contributed by atoms with Gasteiger partial charge in [0.1, 0.15) is 0 Å². The SMILES string of the molecule is CC(O)(CNC(C)(C)C)CC1CCC(F)(F)C1. The fourth-order valence-electron chi connectivity index (χ4n) is 2.37. The van der Waals surface area contributed by atoms with Crippen molar-refractivity contribution in [3.63, 3.8) is 0 Å². The molecule has 2 N–H and O–H groups in total. The van der Waals surface area contributed by atoms with Crippen LogP contribution in [0.5, 0.6) is 0 Å². The lowest BCUT2D eigenvalue weighted by Crippen LogP contribution is -2.47. The van der Waals surface area contributed by atoms with Gasteiger partial charge in [0.05, 0.1) is 5.60 Å². The Morgan fingerprint density at radius 1 is 1.29 bits per heavy atom. The van der Waals surface area contributed by atoms with Crippen LogP contribution < -0.4 is 5.32 Å². The maximum Gasteiger partial charge on any atom is 0.248 e. The second-order valence-electron chi connectivity index (χ2n) is 6.77. The standard InChI is InChI=1S/C13H25F2NO/c1-11(2,3)16-9-12(4,17)7-10-5-6-13(14,15)8-10/h10,16-17H,5-9H2,1-4H3. The number of nitrogens with one attached hydrogen (secondary N) is 1. The molecule has 0 radical (unpaired) electrons. The fraction of sp³-hybridized carbons (Fsp3) is 1.00. The molecular formula is C13H25F2NO. The van der Waals surface area contributed by atoms with Crippen molar-refractivity contribution < 1.29 is 13.9 Å². The molecule has 1 aliphatic rings. The summed E-state index contributed by atoms with van der Waals surface area (Å²) in [5, 5.41) is 13.4. The first-order valence-electron chi connectivity index (χ1n) is 6.34. The maximum atomic E-state index is 13.0. The lowest BCUT2D eigenvalue weighted by molar-refractivity contribution is -0.00634. The van der Waals surface area contributed by atoms with Gasteiger partial charge in [-0.15, -0.1) is 0 Å². The molecule has 0 amide bonds. The summed E-state index contributed by atoms with van der Waals surface area (Å²) in [6.07, 6.45) is 0.878. The molecule has 0 aliphatic heterocycles. The maximum absolute atomic E-state index is 13.0. The highest BCUT2D eigenvalue weighted by atomic mass is 19.3. The van der Waals surface area contributed by atoms with E-state index < -0.39 is 11.5 Å². The van der Waals surface area contributed by atoms with Crippen LogP contribution in [-0.2, 0) is 0 Å². The second-order valence-corrected chi connectivity index (χ2v) is 6.77. The fourth-order valence-corrected chi connectivity index (χ4v) is 2.37. The zero-order chi connectivity index (χ0) is 13.3. The zero-order valence-corrected chi connectivity index (χ0v) is 11.3. The van der Waals surface area contributed by atoms with Gasteiger partial charge in [-0.25, -0.2) is 8.78 Å². The molecular weight excluding hydrogens is 224 g/mol. The minimum atomic E-state index is -2.52. The first kappa shape index (κ1) is 14.8. The van der Waals surface area contributed by atoms with Crippen molar-refractivity contribution in [2.75, 3.05) is 6.54 Å². The van der Waals surface area contributed by atoms with Crippen LogP contribution in [-0.4, -0.2) is 28.7 Å². The third-order valence-corrected chi connectivity index (χ3v) is 3.23. The molecule has 4 heteroatoms. The summed E-state index contributed by atoms with van der Waals surface area (Å²) in [6, 6.07) is 0. The molecule has 1 fully saturated rings. The molecule has 17 heavy (non-hydrogen) atoms. The lowest BCUT2D eigenvalue weighted by atomic mass is 9.90. The molecule has 1 saturated carbocycles. The van der Waals surface area contributed by atoms with E-state index in [-0.39, 0.29) is 24.3 Å². The van der Waals surface area contributed by atoms with E-state index in [2.05, 4.69) is 5.32 Å². The molecule has 2 atom stereocenters. The molecule has 0 saturated heterocycles. The summed E-state index contributed by atoms with van der Waals surface area (Å²) in [7, 11) is 0. The van der Waals surface area contributed by atoms with Gasteiger partial charge in [0.25, 0.3) is 0 Å². The molecule has 0 aromatic carbocycles. The summed E-state index contributed by atoms with van der Waals surface area (Å²) in [4.78, 5) is 0. The number of halogens is 2. The van der Waals surface area contributed by atoms with Crippen LogP contribution >= 0.6 is 0 Å². The van der Waals surface area contributed by atoms with E-state index in [4.69, 9.17) is 0 Å². The molecule has 0 aromatic heterocycles. The van der Waals surface area contributed by atoms with Gasteiger partial charge in [-0.3, -0.25) is 0 Å². The Morgan fingerprint density at radius 3 is 2.29 bits per heavy atom. The molecule has 1 rings (SSSR count). The van der Waals surface area contributed by atoms with E-state index >= 15 is 0 Å². The van der Waals surface area contributed by atoms with Crippen LogP contribution in [0, 0.1) is 5.92 Å². The monoisotopic (exact) mass is 249 g/mol. The number of rotatable bonds is 4. The Morgan fingerprint density at radius 2 is 1.88 bits per heavy atom. The van der Waals surface area contributed by atoms with Gasteiger partial charge in [-0.2, -0.15) is 0 Å². The number of alkyl halides is 2. The predicted molar refractivity (Wildman–Crippen MR) is 65.3 cm³/mol. The highest BCUT2D eigenvalue weighted by Gasteiger charge is 2.41. The summed E-state index contributed by atoms with van der Waals surface area (Å²) in [5.74, 6) is -2.57. The minimum absolute atomic E-state index is 0.0273. The van der Waals surface area contributed by atoms with E-state index in [9.17, 15) is 13.9 Å². The van der Waals surface area contributed by atoms with E-state index in [0.717, 1.165) is 0 Å². The summed E-state index contributed by atoms with van der Waals surface area (Å²) < 4.78 is 26.1. The molecule has 102 valence electrons. The largest absolute Gasteiger partial charge is 0.389 e. The smallest absolute Gasteiger partial charge is 0.248 e. The minimum Gasteiger partial charge on any atom is -0.389 e. The van der Waals surface area contributed by atoms with E-state index in [0.29, 0.717) is 19.4 Å².